The smallest absolute Gasteiger partial charge is 0.0576 e. The second-order valence-electron chi connectivity index (χ2n) is 6.39. The Morgan fingerprint density at radius 1 is 1.22 bits per heavy atom. The van der Waals surface area contributed by atoms with Gasteiger partial charge in [-0.15, -0.1) is 0 Å². The van der Waals surface area contributed by atoms with Crippen LogP contribution >= 0.6 is 0 Å². The maximum Gasteiger partial charge on any atom is 0.0576 e. The van der Waals surface area contributed by atoms with E-state index in [-0.39, 0.29) is 0 Å². The fourth-order valence-corrected chi connectivity index (χ4v) is 4.07. The molecule has 0 bridgehead atoms. The van der Waals surface area contributed by atoms with Gasteiger partial charge in [-0.1, -0.05) is 6.42 Å². The van der Waals surface area contributed by atoms with Crippen molar-refractivity contribution in [3.05, 3.63) is 18.5 Å². The van der Waals surface area contributed by atoms with Gasteiger partial charge < -0.3 is 4.90 Å². The van der Waals surface area contributed by atoms with Crippen LogP contribution < -0.4 is 0 Å². The second kappa shape index (κ2) is 4.69. The van der Waals surface area contributed by atoms with Gasteiger partial charge in [0.25, 0.3) is 0 Å². The Morgan fingerprint density at radius 2 is 2.00 bits per heavy atom. The molecule has 100 valence electrons. The van der Waals surface area contributed by atoms with Gasteiger partial charge in [-0.25, -0.2) is 0 Å². The minimum atomic E-state index is 0.539. The maximum atomic E-state index is 4.51. The van der Waals surface area contributed by atoms with E-state index in [2.05, 4.69) is 40.8 Å². The monoisotopic (exact) mass is 247 g/mol. The van der Waals surface area contributed by atoms with Gasteiger partial charge in [0.1, 0.15) is 0 Å². The van der Waals surface area contributed by atoms with E-state index >= 15 is 0 Å². The molecule has 1 saturated heterocycles. The Labute approximate surface area is 110 Å². The Balaban J connectivity index is 1.75. The van der Waals surface area contributed by atoms with Crippen LogP contribution in [-0.2, 0) is 0 Å². The lowest BCUT2D eigenvalue weighted by molar-refractivity contribution is 0.0528. The number of hydrogen-bond donors (Lipinski definition) is 0. The summed E-state index contributed by atoms with van der Waals surface area (Å²) in [5.41, 5.74) is 0.539. The van der Waals surface area contributed by atoms with E-state index in [4.69, 9.17) is 0 Å². The molecule has 1 aromatic heterocycles. The molecule has 2 heterocycles. The third kappa shape index (κ3) is 1.99. The van der Waals surface area contributed by atoms with Crippen molar-refractivity contribution in [2.75, 3.05) is 13.1 Å². The lowest BCUT2D eigenvalue weighted by atomic mass is 9.74. The minimum absolute atomic E-state index is 0.539. The molecule has 1 atom stereocenters. The van der Waals surface area contributed by atoms with Crippen LogP contribution in [0.25, 0.3) is 0 Å². The van der Waals surface area contributed by atoms with Gasteiger partial charge in [-0.05, 0) is 64.1 Å². The first-order valence-electron chi connectivity index (χ1n) is 7.44. The van der Waals surface area contributed by atoms with Crippen molar-refractivity contribution in [1.29, 1.82) is 0 Å². The molecule has 1 saturated carbocycles. The first-order valence-corrected chi connectivity index (χ1v) is 7.44. The molecule has 0 N–H and O–H groups in total. The van der Waals surface area contributed by atoms with Gasteiger partial charge >= 0.3 is 0 Å². The van der Waals surface area contributed by atoms with Gasteiger partial charge in [0.15, 0.2) is 0 Å². The Bertz CT molecular complexity index is 374. The summed E-state index contributed by atoms with van der Waals surface area (Å²) in [6.07, 6.45) is 10.9. The van der Waals surface area contributed by atoms with Crippen molar-refractivity contribution < 1.29 is 0 Å². The van der Waals surface area contributed by atoms with Crippen molar-refractivity contribution in [2.24, 2.45) is 5.41 Å². The molecule has 1 aliphatic heterocycles. The number of likely N-dealkylation sites (tertiary alicyclic amines) is 1. The molecular formula is C15H25N3. The van der Waals surface area contributed by atoms with Crippen LogP contribution in [-0.4, -0.2) is 33.8 Å². The van der Waals surface area contributed by atoms with Crippen LogP contribution in [0.2, 0.25) is 0 Å². The van der Waals surface area contributed by atoms with Gasteiger partial charge in [-0.2, -0.15) is 5.10 Å². The lowest BCUT2D eigenvalue weighted by Crippen LogP contribution is -2.45. The molecular weight excluding hydrogens is 222 g/mol. The summed E-state index contributed by atoms with van der Waals surface area (Å²) in [5.74, 6) is 0. The molecule has 1 spiro atoms. The van der Waals surface area contributed by atoms with Crippen molar-refractivity contribution in [3.8, 4) is 0 Å². The highest BCUT2D eigenvalue weighted by Crippen LogP contribution is 2.52. The molecule has 0 amide bonds. The van der Waals surface area contributed by atoms with Gasteiger partial charge in [0.05, 0.1) is 6.04 Å². The normalized spacial score (nSPS) is 28.3. The summed E-state index contributed by atoms with van der Waals surface area (Å²) < 4.78 is 2.23. The van der Waals surface area contributed by atoms with Crippen LogP contribution in [0.4, 0.5) is 0 Å². The molecule has 1 aromatic rings. The topological polar surface area (TPSA) is 21.1 Å². The summed E-state index contributed by atoms with van der Waals surface area (Å²) in [6, 6.07) is 3.42. The molecule has 2 aliphatic rings. The van der Waals surface area contributed by atoms with E-state index in [1.54, 1.807) is 0 Å². The van der Waals surface area contributed by atoms with Crippen molar-refractivity contribution in [2.45, 2.75) is 58.0 Å². The van der Waals surface area contributed by atoms with Gasteiger partial charge in [0, 0.05) is 18.4 Å². The molecule has 18 heavy (non-hydrogen) atoms. The summed E-state index contributed by atoms with van der Waals surface area (Å²) in [4.78, 5) is 2.63. The lowest BCUT2D eigenvalue weighted by Gasteiger charge is -2.44. The first kappa shape index (κ1) is 12.2. The molecule has 1 aliphatic carbocycles. The summed E-state index contributed by atoms with van der Waals surface area (Å²) in [7, 11) is 0. The average molecular weight is 247 g/mol. The van der Waals surface area contributed by atoms with E-state index in [1.165, 1.54) is 45.2 Å². The molecule has 0 aromatic carbocycles. The molecule has 3 rings (SSSR count). The van der Waals surface area contributed by atoms with Crippen LogP contribution in [0.1, 0.15) is 52.0 Å². The van der Waals surface area contributed by atoms with Crippen molar-refractivity contribution in [3.63, 3.8) is 0 Å². The average Bonchev–Trinajstić information content (AvgIpc) is 2.99. The largest absolute Gasteiger partial charge is 0.301 e. The number of aromatic nitrogens is 2. The molecule has 2 fully saturated rings. The van der Waals surface area contributed by atoms with E-state index in [1.807, 2.05) is 6.20 Å². The van der Waals surface area contributed by atoms with E-state index in [0.717, 1.165) is 0 Å². The minimum Gasteiger partial charge on any atom is -0.301 e. The second-order valence-corrected chi connectivity index (χ2v) is 6.39. The quantitative estimate of drug-likeness (QED) is 0.800. The Kier molecular flexibility index (Phi) is 3.18. The fourth-order valence-electron chi connectivity index (χ4n) is 4.07. The van der Waals surface area contributed by atoms with Crippen LogP contribution in [0.15, 0.2) is 18.5 Å². The highest BCUT2D eigenvalue weighted by atomic mass is 15.3. The number of nitrogens with zero attached hydrogens (tertiary/aromatic N) is 3. The Hall–Kier alpha value is -0.830. The number of rotatable bonds is 2. The molecule has 1 unspecified atom stereocenters. The van der Waals surface area contributed by atoms with Crippen molar-refractivity contribution in [1.82, 2.24) is 14.7 Å². The van der Waals surface area contributed by atoms with Crippen LogP contribution in [0, 0.1) is 5.41 Å². The highest BCUT2D eigenvalue weighted by molar-refractivity contribution is 4.99. The molecule has 3 heteroatoms. The van der Waals surface area contributed by atoms with Crippen LogP contribution in [0.3, 0.4) is 0 Å². The van der Waals surface area contributed by atoms with Crippen molar-refractivity contribution >= 4 is 0 Å². The fraction of sp³-hybridized carbons (Fsp3) is 0.800. The zero-order valence-electron chi connectivity index (χ0n) is 11.7. The SMILES string of the molecule is CC(C)N1CCC2(CCCC2n2cccn2)CC1. The van der Waals surface area contributed by atoms with E-state index in [0.29, 0.717) is 17.5 Å². The van der Waals surface area contributed by atoms with Gasteiger partial charge in [0.2, 0.25) is 0 Å². The van der Waals surface area contributed by atoms with Crippen LogP contribution in [0.5, 0.6) is 0 Å². The Morgan fingerprint density at radius 3 is 2.61 bits per heavy atom. The van der Waals surface area contributed by atoms with E-state index < -0.39 is 0 Å². The number of piperidine rings is 1. The van der Waals surface area contributed by atoms with E-state index in [9.17, 15) is 0 Å². The van der Waals surface area contributed by atoms with Gasteiger partial charge in [-0.3, -0.25) is 4.68 Å². The predicted octanol–water partition coefficient (Wildman–Crippen LogP) is 3.10. The maximum absolute atomic E-state index is 4.51. The molecule has 3 nitrogen and oxygen atoms in total. The standard InChI is InChI=1S/C15H25N3/c1-13(2)17-11-7-15(8-12-17)6-3-5-14(15)18-10-4-9-16-18/h4,9-10,13-14H,3,5-8,11-12H2,1-2H3. The molecule has 0 radical (unpaired) electrons. The zero-order valence-corrected chi connectivity index (χ0v) is 11.7. The first-order chi connectivity index (χ1) is 8.71. The third-order valence-electron chi connectivity index (χ3n) is 5.23. The third-order valence-corrected chi connectivity index (χ3v) is 5.23. The summed E-state index contributed by atoms with van der Waals surface area (Å²) in [5, 5.41) is 4.51. The summed E-state index contributed by atoms with van der Waals surface area (Å²) >= 11 is 0. The zero-order chi connectivity index (χ0) is 12.6. The predicted molar refractivity (Wildman–Crippen MR) is 73.5 cm³/mol. The highest BCUT2D eigenvalue weighted by Gasteiger charge is 2.45. The number of hydrogen-bond acceptors (Lipinski definition) is 2. The summed E-state index contributed by atoms with van der Waals surface area (Å²) in [6.45, 7) is 7.18.